The molecule has 0 saturated carbocycles. The Morgan fingerprint density at radius 3 is 2.47 bits per heavy atom. The molecule has 0 aliphatic carbocycles. The van der Waals surface area contributed by atoms with Crippen molar-refractivity contribution < 1.29 is 0 Å². The second-order valence-electron chi connectivity index (χ2n) is 4.48. The Labute approximate surface area is 113 Å². The van der Waals surface area contributed by atoms with Crippen LogP contribution in [0.4, 0.5) is 0 Å². The van der Waals surface area contributed by atoms with Gasteiger partial charge in [-0.15, -0.1) is 0 Å². The molecule has 0 radical (unpaired) electrons. The van der Waals surface area contributed by atoms with Gasteiger partial charge in [0.1, 0.15) is 0 Å². The van der Waals surface area contributed by atoms with Crippen molar-refractivity contribution in [1.29, 1.82) is 0 Å². The number of nitrogens with zero attached hydrogens (tertiary/aromatic N) is 3. The topological polar surface area (TPSA) is 21.1 Å². The lowest BCUT2D eigenvalue weighted by Crippen LogP contribution is -2.32. The van der Waals surface area contributed by atoms with Crippen LogP contribution in [0.1, 0.15) is 45.5 Å². The van der Waals surface area contributed by atoms with Gasteiger partial charge in [0.2, 0.25) is 0 Å². The maximum Gasteiger partial charge on any atom is 0.0739 e. The van der Waals surface area contributed by atoms with Gasteiger partial charge in [-0.2, -0.15) is 5.10 Å². The molecule has 0 aliphatic rings. The Kier molecular flexibility index (Phi) is 5.67. The van der Waals surface area contributed by atoms with E-state index in [-0.39, 0.29) is 0 Å². The van der Waals surface area contributed by atoms with Gasteiger partial charge in [-0.3, -0.25) is 9.58 Å². The Balaban J connectivity index is 2.92. The van der Waals surface area contributed by atoms with Crippen molar-refractivity contribution in [2.45, 2.75) is 60.2 Å². The van der Waals surface area contributed by atoms with Crippen molar-refractivity contribution in [3.05, 3.63) is 15.9 Å². The monoisotopic (exact) mass is 301 g/mol. The zero-order valence-electron chi connectivity index (χ0n) is 11.6. The van der Waals surface area contributed by atoms with Crippen LogP contribution in [-0.2, 0) is 13.1 Å². The third-order valence-corrected chi connectivity index (χ3v) is 4.46. The molecule has 0 saturated heterocycles. The summed E-state index contributed by atoms with van der Waals surface area (Å²) in [6.07, 6.45) is 1.19. The maximum absolute atomic E-state index is 4.54. The van der Waals surface area contributed by atoms with Crippen molar-refractivity contribution in [2.24, 2.45) is 0 Å². The van der Waals surface area contributed by atoms with E-state index in [0.717, 1.165) is 25.3 Å². The fourth-order valence-corrected chi connectivity index (χ4v) is 2.46. The highest BCUT2D eigenvalue weighted by Gasteiger charge is 2.17. The smallest absolute Gasteiger partial charge is 0.0739 e. The summed E-state index contributed by atoms with van der Waals surface area (Å²) in [4.78, 5) is 2.49. The Morgan fingerprint density at radius 2 is 2.00 bits per heavy atom. The van der Waals surface area contributed by atoms with Gasteiger partial charge in [0.25, 0.3) is 0 Å². The molecule has 1 unspecified atom stereocenters. The lowest BCUT2D eigenvalue weighted by atomic mass is 10.2. The molecule has 98 valence electrons. The molecule has 1 aromatic heterocycles. The summed E-state index contributed by atoms with van der Waals surface area (Å²) in [6.45, 7) is 13.9. The first-order chi connectivity index (χ1) is 8.04. The molecular formula is C13H24BrN3. The van der Waals surface area contributed by atoms with E-state index in [1.165, 1.54) is 16.6 Å². The summed E-state index contributed by atoms with van der Waals surface area (Å²) in [5, 5.41) is 4.54. The highest BCUT2D eigenvalue weighted by molar-refractivity contribution is 9.10. The van der Waals surface area contributed by atoms with E-state index < -0.39 is 0 Å². The second-order valence-corrected chi connectivity index (χ2v) is 5.28. The van der Waals surface area contributed by atoms with Crippen molar-refractivity contribution in [2.75, 3.05) is 6.54 Å². The molecule has 17 heavy (non-hydrogen) atoms. The zero-order chi connectivity index (χ0) is 13.0. The molecular weight excluding hydrogens is 278 g/mol. The van der Waals surface area contributed by atoms with Gasteiger partial charge in [0, 0.05) is 19.1 Å². The molecule has 1 aromatic rings. The predicted molar refractivity (Wildman–Crippen MR) is 76.2 cm³/mol. The quantitative estimate of drug-likeness (QED) is 0.800. The third-order valence-electron chi connectivity index (χ3n) is 3.43. The summed E-state index contributed by atoms with van der Waals surface area (Å²) in [7, 11) is 0. The first kappa shape index (κ1) is 14.7. The predicted octanol–water partition coefficient (Wildman–Crippen LogP) is 3.59. The number of hydrogen-bond acceptors (Lipinski definition) is 2. The van der Waals surface area contributed by atoms with E-state index in [1.807, 2.05) is 0 Å². The number of rotatable bonds is 6. The second kappa shape index (κ2) is 6.55. The highest BCUT2D eigenvalue weighted by atomic mass is 79.9. The van der Waals surface area contributed by atoms with Crippen LogP contribution in [0.2, 0.25) is 0 Å². The minimum atomic E-state index is 0.618. The average Bonchev–Trinajstić information content (AvgIpc) is 2.61. The largest absolute Gasteiger partial charge is 0.295 e. The molecule has 1 heterocycles. The fraction of sp³-hybridized carbons (Fsp3) is 0.769. The summed E-state index contributed by atoms with van der Waals surface area (Å²) in [6, 6.07) is 0.618. The molecule has 4 heteroatoms. The molecule has 0 fully saturated rings. The number of hydrogen-bond donors (Lipinski definition) is 0. The van der Waals surface area contributed by atoms with Crippen LogP contribution in [0.15, 0.2) is 4.47 Å². The van der Waals surface area contributed by atoms with Gasteiger partial charge < -0.3 is 0 Å². The van der Waals surface area contributed by atoms with E-state index in [0.29, 0.717) is 6.04 Å². The lowest BCUT2D eigenvalue weighted by Gasteiger charge is -2.27. The van der Waals surface area contributed by atoms with Crippen molar-refractivity contribution in [1.82, 2.24) is 14.7 Å². The standard InChI is InChI=1S/C13H24BrN3/c1-6-10(4)16(7-2)9-12-13(14)11(5)15-17(12)8-3/h10H,6-9H2,1-5H3. The van der Waals surface area contributed by atoms with E-state index in [1.54, 1.807) is 0 Å². The van der Waals surface area contributed by atoms with Crippen molar-refractivity contribution in [3.63, 3.8) is 0 Å². The Bertz CT molecular complexity index is 360. The van der Waals surface area contributed by atoms with Crippen LogP contribution in [0, 0.1) is 6.92 Å². The maximum atomic E-state index is 4.54. The summed E-state index contributed by atoms with van der Waals surface area (Å²) in [5.74, 6) is 0. The normalized spacial score (nSPS) is 13.4. The number of aryl methyl sites for hydroxylation is 2. The highest BCUT2D eigenvalue weighted by Crippen LogP contribution is 2.23. The summed E-state index contributed by atoms with van der Waals surface area (Å²) in [5.41, 5.74) is 2.38. The first-order valence-electron chi connectivity index (χ1n) is 6.50. The van der Waals surface area contributed by atoms with Gasteiger partial charge in [0.15, 0.2) is 0 Å². The van der Waals surface area contributed by atoms with Crippen LogP contribution in [-0.4, -0.2) is 27.3 Å². The van der Waals surface area contributed by atoms with Gasteiger partial charge in [-0.1, -0.05) is 13.8 Å². The average molecular weight is 302 g/mol. The van der Waals surface area contributed by atoms with Gasteiger partial charge in [-0.05, 0) is 49.7 Å². The molecule has 0 N–H and O–H groups in total. The minimum absolute atomic E-state index is 0.618. The van der Waals surface area contributed by atoms with E-state index in [2.05, 4.69) is 65.2 Å². The molecule has 0 amide bonds. The SMILES string of the molecule is CCC(C)N(CC)Cc1c(Br)c(C)nn1CC. The van der Waals surface area contributed by atoms with Gasteiger partial charge >= 0.3 is 0 Å². The van der Waals surface area contributed by atoms with Crippen LogP contribution in [0.25, 0.3) is 0 Å². The summed E-state index contributed by atoms with van der Waals surface area (Å²) < 4.78 is 3.27. The Hall–Kier alpha value is -0.350. The molecule has 0 aliphatic heterocycles. The molecule has 0 aromatic carbocycles. The fourth-order valence-electron chi connectivity index (χ4n) is 2.05. The molecule has 1 atom stereocenters. The number of halogens is 1. The van der Waals surface area contributed by atoms with Crippen LogP contribution < -0.4 is 0 Å². The molecule has 3 nitrogen and oxygen atoms in total. The van der Waals surface area contributed by atoms with Crippen molar-refractivity contribution in [3.8, 4) is 0 Å². The Morgan fingerprint density at radius 1 is 1.35 bits per heavy atom. The van der Waals surface area contributed by atoms with E-state index in [4.69, 9.17) is 0 Å². The lowest BCUT2D eigenvalue weighted by molar-refractivity contribution is 0.200. The first-order valence-corrected chi connectivity index (χ1v) is 7.30. The minimum Gasteiger partial charge on any atom is -0.295 e. The van der Waals surface area contributed by atoms with Crippen molar-refractivity contribution >= 4 is 15.9 Å². The zero-order valence-corrected chi connectivity index (χ0v) is 13.2. The number of aromatic nitrogens is 2. The van der Waals surface area contributed by atoms with E-state index >= 15 is 0 Å². The van der Waals surface area contributed by atoms with E-state index in [9.17, 15) is 0 Å². The van der Waals surface area contributed by atoms with Crippen LogP contribution in [0.3, 0.4) is 0 Å². The summed E-state index contributed by atoms with van der Waals surface area (Å²) >= 11 is 3.66. The molecule has 0 bridgehead atoms. The molecule has 0 spiro atoms. The van der Waals surface area contributed by atoms with Crippen LogP contribution in [0.5, 0.6) is 0 Å². The van der Waals surface area contributed by atoms with Gasteiger partial charge in [-0.25, -0.2) is 0 Å². The van der Waals surface area contributed by atoms with Gasteiger partial charge in [0.05, 0.1) is 15.9 Å². The van der Waals surface area contributed by atoms with Crippen LogP contribution >= 0.6 is 15.9 Å². The molecule has 1 rings (SSSR count). The third kappa shape index (κ3) is 3.32.